The van der Waals surface area contributed by atoms with Crippen LogP contribution in [-0.2, 0) is 6.42 Å². The Bertz CT molecular complexity index is 686. The molecule has 0 saturated carbocycles. The van der Waals surface area contributed by atoms with Gasteiger partial charge in [0.2, 0.25) is 0 Å². The Balaban J connectivity index is 2.26. The molecule has 0 spiro atoms. The molecule has 106 valence electrons. The zero-order valence-corrected chi connectivity index (χ0v) is 12.0. The van der Waals surface area contributed by atoms with Gasteiger partial charge in [0.1, 0.15) is 5.82 Å². The van der Waals surface area contributed by atoms with Gasteiger partial charge in [0.25, 0.3) is 5.56 Å². The van der Waals surface area contributed by atoms with Gasteiger partial charge in [-0.05, 0) is 18.6 Å². The van der Waals surface area contributed by atoms with Gasteiger partial charge >= 0.3 is 0 Å². The highest BCUT2D eigenvalue weighted by Crippen LogP contribution is 2.13. The minimum atomic E-state index is 0.0619. The molecule has 1 aromatic carbocycles. The minimum Gasteiger partial charge on any atom is -0.313 e. The fourth-order valence-electron chi connectivity index (χ4n) is 2.81. The highest BCUT2D eigenvalue weighted by atomic mass is 16.1. The van der Waals surface area contributed by atoms with Crippen LogP contribution in [0.4, 0.5) is 0 Å². The largest absolute Gasteiger partial charge is 0.313 e. The van der Waals surface area contributed by atoms with Crippen molar-refractivity contribution in [1.82, 2.24) is 15.0 Å². The first-order chi connectivity index (χ1) is 9.72. The predicted molar refractivity (Wildman–Crippen MR) is 80.9 cm³/mol. The molecular formula is C15H20N4O. The van der Waals surface area contributed by atoms with E-state index in [-0.39, 0.29) is 5.56 Å². The molecule has 0 aliphatic carbocycles. The van der Waals surface area contributed by atoms with Gasteiger partial charge in [-0.25, -0.2) is 9.66 Å². The lowest BCUT2D eigenvalue weighted by molar-refractivity contribution is 0.468. The van der Waals surface area contributed by atoms with E-state index in [1.807, 2.05) is 32.0 Å². The fraction of sp³-hybridized carbons (Fsp3) is 0.467. The van der Waals surface area contributed by atoms with Gasteiger partial charge in [0, 0.05) is 32.6 Å². The van der Waals surface area contributed by atoms with E-state index >= 15 is 0 Å². The summed E-state index contributed by atoms with van der Waals surface area (Å²) >= 11 is 0. The lowest BCUT2D eigenvalue weighted by atomic mass is 10.1. The van der Waals surface area contributed by atoms with E-state index in [1.54, 1.807) is 4.68 Å². The SMILES string of the molecule is CCc1nc2cccc(C)c2c(=O)n1N1CCNCC1. The number of nitrogens with one attached hydrogen (secondary N) is 1. The van der Waals surface area contributed by atoms with E-state index in [2.05, 4.69) is 10.3 Å². The Kier molecular flexibility index (Phi) is 3.44. The number of aromatic nitrogens is 2. The summed E-state index contributed by atoms with van der Waals surface area (Å²) in [6, 6.07) is 5.85. The van der Waals surface area contributed by atoms with Gasteiger partial charge in [-0.2, -0.15) is 0 Å². The number of nitrogens with zero attached hydrogens (tertiary/aromatic N) is 3. The summed E-state index contributed by atoms with van der Waals surface area (Å²) in [5, 5.41) is 6.16. The monoisotopic (exact) mass is 272 g/mol. The van der Waals surface area contributed by atoms with Crippen LogP contribution in [0.15, 0.2) is 23.0 Å². The molecule has 1 aliphatic heterocycles. The Morgan fingerprint density at radius 3 is 2.75 bits per heavy atom. The second-order valence-electron chi connectivity index (χ2n) is 5.17. The molecule has 0 atom stereocenters. The zero-order chi connectivity index (χ0) is 14.1. The third-order valence-electron chi connectivity index (χ3n) is 3.84. The van der Waals surface area contributed by atoms with E-state index in [4.69, 9.17) is 4.98 Å². The molecule has 0 unspecified atom stereocenters. The molecule has 0 bridgehead atoms. The van der Waals surface area contributed by atoms with Crippen molar-refractivity contribution in [2.75, 3.05) is 31.2 Å². The van der Waals surface area contributed by atoms with E-state index in [9.17, 15) is 4.79 Å². The normalized spacial score (nSPS) is 15.8. The standard InChI is InChI=1S/C15H20N4O/c1-3-13-17-12-6-4-5-11(2)14(12)15(20)19(13)18-9-7-16-8-10-18/h4-6,16H,3,7-10H2,1-2H3. The van der Waals surface area contributed by atoms with Gasteiger partial charge in [-0.15, -0.1) is 0 Å². The van der Waals surface area contributed by atoms with Gasteiger partial charge in [0.05, 0.1) is 10.9 Å². The molecule has 0 amide bonds. The van der Waals surface area contributed by atoms with E-state index in [0.717, 1.165) is 54.9 Å². The average Bonchev–Trinajstić information content (AvgIpc) is 2.47. The van der Waals surface area contributed by atoms with Crippen LogP contribution < -0.4 is 15.9 Å². The Labute approximate surface area is 118 Å². The molecule has 1 N–H and O–H groups in total. The van der Waals surface area contributed by atoms with Crippen LogP contribution in [-0.4, -0.2) is 35.8 Å². The molecule has 20 heavy (non-hydrogen) atoms. The maximum absolute atomic E-state index is 12.9. The molecule has 5 nitrogen and oxygen atoms in total. The second kappa shape index (κ2) is 5.25. The number of fused-ring (bicyclic) bond motifs is 1. The molecule has 1 aromatic heterocycles. The molecule has 1 aliphatic rings. The fourth-order valence-corrected chi connectivity index (χ4v) is 2.81. The summed E-state index contributed by atoms with van der Waals surface area (Å²) in [7, 11) is 0. The van der Waals surface area contributed by atoms with Gasteiger partial charge in [-0.1, -0.05) is 19.1 Å². The summed E-state index contributed by atoms with van der Waals surface area (Å²) in [6.07, 6.45) is 0.753. The van der Waals surface area contributed by atoms with Crippen LogP contribution in [0.5, 0.6) is 0 Å². The van der Waals surface area contributed by atoms with Crippen LogP contribution in [0.3, 0.4) is 0 Å². The lowest BCUT2D eigenvalue weighted by Crippen LogP contribution is -2.53. The number of hydrogen-bond acceptors (Lipinski definition) is 4. The van der Waals surface area contributed by atoms with Gasteiger partial charge in [0.15, 0.2) is 0 Å². The molecule has 3 rings (SSSR count). The summed E-state index contributed by atoms with van der Waals surface area (Å²) in [4.78, 5) is 17.6. The van der Waals surface area contributed by atoms with Crippen molar-refractivity contribution >= 4 is 10.9 Å². The summed E-state index contributed by atoms with van der Waals surface area (Å²) in [5.74, 6) is 0.843. The Morgan fingerprint density at radius 2 is 2.05 bits per heavy atom. The molecule has 1 fully saturated rings. The highest BCUT2D eigenvalue weighted by Gasteiger charge is 2.18. The number of rotatable bonds is 2. The van der Waals surface area contributed by atoms with Crippen LogP contribution in [0.1, 0.15) is 18.3 Å². The minimum absolute atomic E-state index is 0.0619. The van der Waals surface area contributed by atoms with Gasteiger partial charge < -0.3 is 10.3 Å². The van der Waals surface area contributed by atoms with Crippen molar-refractivity contribution in [1.29, 1.82) is 0 Å². The van der Waals surface area contributed by atoms with Crippen LogP contribution in [0.25, 0.3) is 10.9 Å². The Hall–Kier alpha value is -1.88. The topological polar surface area (TPSA) is 50.2 Å². The zero-order valence-electron chi connectivity index (χ0n) is 12.0. The van der Waals surface area contributed by atoms with Crippen molar-refractivity contribution in [2.45, 2.75) is 20.3 Å². The first-order valence-electron chi connectivity index (χ1n) is 7.19. The van der Waals surface area contributed by atoms with Crippen molar-refractivity contribution in [2.24, 2.45) is 0 Å². The third kappa shape index (κ3) is 2.08. The predicted octanol–water partition coefficient (Wildman–Crippen LogP) is 0.809. The molecule has 5 heteroatoms. The molecule has 0 radical (unpaired) electrons. The van der Waals surface area contributed by atoms with Crippen molar-refractivity contribution in [3.05, 3.63) is 39.9 Å². The number of aryl methyl sites for hydroxylation is 2. The number of hydrogen-bond donors (Lipinski definition) is 1. The van der Waals surface area contributed by atoms with Crippen LogP contribution >= 0.6 is 0 Å². The molecule has 2 heterocycles. The van der Waals surface area contributed by atoms with Crippen molar-refractivity contribution < 1.29 is 0 Å². The smallest absolute Gasteiger partial charge is 0.280 e. The summed E-state index contributed by atoms with van der Waals surface area (Å²) < 4.78 is 1.79. The molecular weight excluding hydrogens is 252 g/mol. The summed E-state index contributed by atoms with van der Waals surface area (Å²) in [6.45, 7) is 7.50. The first-order valence-corrected chi connectivity index (χ1v) is 7.19. The van der Waals surface area contributed by atoms with Crippen LogP contribution in [0, 0.1) is 6.92 Å². The van der Waals surface area contributed by atoms with E-state index in [0.29, 0.717) is 0 Å². The third-order valence-corrected chi connectivity index (χ3v) is 3.84. The quantitative estimate of drug-likeness (QED) is 0.879. The van der Waals surface area contributed by atoms with Gasteiger partial charge in [-0.3, -0.25) is 4.79 Å². The van der Waals surface area contributed by atoms with E-state index < -0.39 is 0 Å². The lowest BCUT2D eigenvalue weighted by Gasteiger charge is -2.32. The van der Waals surface area contributed by atoms with Crippen molar-refractivity contribution in [3.63, 3.8) is 0 Å². The van der Waals surface area contributed by atoms with Crippen molar-refractivity contribution in [3.8, 4) is 0 Å². The van der Waals surface area contributed by atoms with Crippen LogP contribution in [0.2, 0.25) is 0 Å². The molecule has 2 aromatic rings. The highest BCUT2D eigenvalue weighted by molar-refractivity contribution is 5.81. The second-order valence-corrected chi connectivity index (χ2v) is 5.17. The number of piperazine rings is 1. The maximum Gasteiger partial charge on any atom is 0.280 e. The maximum atomic E-state index is 12.9. The first kappa shape index (κ1) is 13.1. The number of benzene rings is 1. The molecule has 1 saturated heterocycles. The Morgan fingerprint density at radius 1 is 1.30 bits per heavy atom. The average molecular weight is 272 g/mol. The summed E-state index contributed by atoms with van der Waals surface area (Å²) in [5.41, 5.74) is 1.86. The van der Waals surface area contributed by atoms with E-state index in [1.165, 1.54) is 0 Å².